The summed E-state index contributed by atoms with van der Waals surface area (Å²) >= 11 is 0. The minimum absolute atomic E-state index is 0.131. The third-order valence-electron chi connectivity index (χ3n) is 4.93. The number of para-hydroxylation sites is 1. The molecule has 0 unspecified atom stereocenters. The van der Waals surface area contributed by atoms with Crippen molar-refractivity contribution in [1.29, 1.82) is 0 Å². The molecule has 2 aliphatic carbocycles. The van der Waals surface area contributed by atoms with Crippen LogP contribution in [0.4, 0.5) is 10.1 Å². The van der Waals surface area contributed by atoms with Crippen LogP contribution in [0.5, 0.6) is 0 Å². The molecule has 1 aromatic rings. The number of anilines is 1. The van der Waals surface area contributed by atoms with Gasteiger partial charge in [-0.15, -0.1) is 0 Å². The number of halogens is 1. The molecule has 0 atom stereocenters. The fraction of sp³-hybridized carbons (Fsp3) is 0.556. The summed E-state index contributed by atoms with van der Waals surface area (Å²) in [4.78, 5) is 25.0. The number of hydrogen-bond acceptors (Lipinski definition) is 2. The highest BCUT2D eigenvalue weighted by Gasteiger charge is 2.56. The van der Waals surface area contributed by atoms with E-state index in [-0.39, 0.29) is 17.6 Å². The van der Waals surface area contributed by atoms with E-state index < -0.39 is 17.1 Å². The third-order valence-corrected chi connectivity index (χ3v) is 4.93. The predicted molar refractivity (Wildman–Crippen MR) is 86.3 cm³/mol. The maximum Gasteiger partial charge on any atom is 0.240 e. The van der Waals surface area contributed by atoms with Crippen LogP contribution in [0.1, 0.15) is 51.4 Å². The smallest absolute Gasteiger partial charge is 0.240 e. The van der Waals surface area contributed by atoms with Crippen molar-refractivity contribution in [2.75, 3.05) is 5.32 Å². The standard InChI is InChI=1S/C18H23FN2O2/c19-14-9-5-6-10-15(14)21-17(23)18(11-12-18)16(22)20-13-7-3-1-2-4-8-13/h5-6,9-10,13H,1-4,7-8,11-12H2,(H,20,22)(H,21,23). The van der Waals surface area contributed by atoms with Gasteiger partial charge >= 0.3 is 0 Å². The largest absolute Gasteiger partial charge is 0.352 e. The highest BCUT2D eigenvalue weighted by Crippen LogP contribution is 2.47. The summed E-state index contributed by atoms with van der Waals surface area (Å²) in [6.45, 7) is 0. The van der Waals surface area contributed by atoms with Gasteiger partial charge in [0.1, 0.15) is 11.2 Å². The SMILES string of the molecule is O=C(Nc1ccccc1F)C1(C(=O)NC2CCCCCC2)CC1. The Morgan fingerprint density at radius 1 is 1.00 bits per heavy atom. The molecule has 4 nitrogen and oxygen atoms in total. The average Bonchev–Trinajstić information content (AvgIpc) is 3.34. The van der Waals surface area contributed by atoms with Crippen molar-refractivity contribution in [3.63, 3.8) is 0 Å². The van der Waals surface area contributed by atoms with E-state index in [1.165, 1.54) is 25.0 Å². The van der Waals surface area contributed by atoms with Gasteiger partial charge in [-0.05, 0) is 37.8 Å². The van der Waals surface area contributed by atoms with Gasteiger partial charge in [-0.2, -0.15) is 0 Å². The minimum atomic E-state index is -1.01. The topological polar surface area (TPSA) is 58.2 Å². The summed E-state index contributed by atoms with van der Waals surface area (Å²) in [5, 5.41) is 5.62. The van der Waals surface area contributed by atoms with Crippen LogP contribution in [0, 0.1) is 11.2 Å². The molecular formula is C18H23FN2O2. The fourth-order valence-electron chi connectivity index (χ4n) is 3.23. The van der Waals surface area contributed by atoms with Gasteiger partial charge in [0.05, 0.1) is 5.69 Å². The van der Waals surface area contributed by atoms with Crippen molar-refractivity contribution in [3.8, 4) is 0 Å². The lowest BCUT2D eigenvalue weighted by Gasteiger charge is -2.21. The number of carbonyl (C=O) groups is 2. The van der Waals surface area contributed by atoms with E-state index in [1.807, 2.05) is 0 Å². The number of hydrogen-bond donors (Lipinski definition) is 2. The molecule has 0 aromatic heterocycles. The normalized spacial score (nSPS) is 20.4. The van der Waals surface area contributed by atoms with E-state index in [1.54, 1.807) is 12.1 Å². The third kappa shape index (κ3) is 3.54. The molecule has 0 heterocycles. The van der Waals surface area contributed by atoms with Gasteiger partial charge in [-0.25, -0.2) is 4.39 Å². The molecule has 2 saturated carbocycles. The lowest BCUT2D eigenvalue weighted by molar-refractivity contribution is -0.134. The Morgan fingerprint density at radius 3 is 2.26 bits per heavy atom. The van der Waals surface area contributed by atoms with Crippen LogP contribution in [0.25, 0.3) is 0 Å². The first-order valence-electron chi connectivity index (χ1n) is 8.49. The summed E-state index contributed by atoms with van der Waals surface area (Å²) in [7, 11) is 0. The summed E-state index contributed by atoms with van der Waals surface area (Å²) in [6, 6.07) is 6.19. The fourth-order valence-corrected chi connectivity index (χ4v) is 3.23. The highest BCUT2D eigenvalue weighted by atomic mass is 19.1. The van der Waals surface area contributed by atoms with Crippen molar-refractivity contribution >= 4 is 17.5 Å². The highest BCUT2D eigenvalue weighted by molar-refractivity contribution is 6.13. The van der Waals surface area contributed by atoms with E-state index in [2.05, 4.69) is 10.6 Å². The van der Waals surface area contributed by atoms with Gasteiger partial charge in [0.25, 0.3) is 0 Å². The quantitative estimate of drug-likeness (QED) is 0.660. The van der Waals surface area contributed by atoms with Crippen LogP contribution in [0.3, 0.4) is 0 Å². The van der Waals surface area contributed by atoms with Gasteiger partial charge in [-0.3, -0.25) is 9.59 Å². The summed E-state index contributed by atoms with van der Waals surface area (Å²) in [5.74, 6) is -1.08. The summed E-state index contributed by atoms with van der Waals surface area (Å²) in [6.07, 6.45) is 7.71. The molecular weight excluding hydrogens is 295 g/mol. The molecule has 0 radical (unpaired) electrons. The second-order valence-corrected chi connectivity index (χ2v) is 6.68. The Hall–Kier alpha value is -1.91. The molecule has 2 aliphatic rings. The zero-order valence-electron chi connectivity index (χ0n) is 13.2. The molecule has 124 valence electrons. The molecule has 3 rings (SSSR count). The Kier molecular flexibility index (Phi) is 4.64. The molecule has 23 heavy (non-hydrogen) atoms. The van der Waals surface area contributed by atoms with Crippen molar-refractivity contribution < 1.29 is 14.0 Å². The molecule has 5 heteroatoms. The lowest BCUT2D eigenvalue weighted by Crippen LogP contribution is -2.44. The number of benzene rings is 1. The maximum absolute atomic E-state index is 13.7. The molecule has 2 N–H and O–H groups in total. The summed E-state index contributed by atoms with van der Waals surface area (Å²) < 4.78 is 13.7. The molecule has 2 amide bonds. The second kappa shape index (κ2) is 6.69. The van der Waals surface area contributed by atoms with E-state index in [0.717, 1.165) is 25.7 Å². The van der Waals surface area contributed by atoms with Gasteiger partial charge in [0.2, 0.25) is 11.8 Å². The Labute approximate surface area is 135 Å². The maximum atomic E-state index is 13.7. The van der Waals surface area contributed by atoms with Crippen molar-refractivity contribution in [2.24, 2.45) is 5.41 Å². The first-order valence-corrected chi connectivity index (χ1v) is 8.49. The molecule has 2 fully saturated rings. The van der Waals surface area contributed by atoms with Crippen LogP contribution in [-0.2, 0) is 9.59 Å². The Balaban J connectivity index is 1.62. The monoisotopic (exact) mass is 318 g/mol. The van der Waals surface area contributed by atoms with E-state index in [9.17, 15) is 14.0 Å². The predicted octanol–water partition coefficient (Wildman–Crippen LogP) is 3.38. The van der Waals surface area contributed by atoms with E-state index >= 15 is 0 Å². The van der Waals surface area contributed by atoms with E-state index in [4.69, 9.17) is 0 Å². The number of rotatable bonds is 4. The van der Waals surface area contributed by atoms with Gasteiger partial charge in [0.15, 0.2) is 0 Å². The van der Waals surface area contributed by atoms with Gasteiger partial charge < -0.3 is 10.6 Å². The summed E-state index contributed by atoms with van der Waals surface area (Å²) in [5.41, 5.74) is -0.875. The Morgan fingerprint density at radius 2 is 1.65 bits per heavy atom. The first kappa shape index (κ1) is 16.0. The molecule has 0 spiro atoms. The Bertz CT molecular complexity index is 590. The lowest BCUT2D eigenvalue weighted by atomic mass is 10.0. The minimum Gasteiger partial charge on any atom is -0.352 e. The zero-order chi connectivity index (χ0) is 16.3. The van der Waals surface area contributed by atoms with Crippen LogP contribution < -0.4 is 10.6 Å². The van der Waals surface area contributed by atoms with Crippen LogP contribution in [0.15, 0.2) is 24.3 Å². The van der Waals surface area contributed by atoms with Crippen molar-refractivity contribution in [2.45, 2.75) is 57.4 Å². The number of amides is 2. The first-order chi connectivity index (χ1) is 11.1. The zero-order valence-corrected chi connectivity index (χ0v) is 13.2. The molecule has 1 aromatic carbocycles. The van der Waals surface area contributed by atoms with Crippen molar-refractivity contribution in [3.05, 3.63) is 30.1 Å². The molecule has 0 aliphatic heterocycles. The average molecular weight is 318 g/mol. The number of nitrogens with one attached hydrogen (secondary N) is 2. The van der Waals surface area contributed by atoms with E-state index in [0.29, 0.717) is 12.8 Å². The van der Waals surface area contributed by atoms with Crippen LogP contribution in [-0.4, -0.2) is 17.9 Å². The second-order valence-electron chi connectivity index (χ2n) is 6.68. The van der Waals surface area contributed by atoms with Crippen LogP contribution in [0.2, 0.25) is 0 Å². The van der Waals surface area contributed by atoms with Crippen LogP contribution >= 0.6 is 0 Å². The molecule has 0 bridgehead atoms. The van der Waals surface area contributed by atoms with Gasteiger partial charge in [-0.1, -0.05) is 37.8 Å². The number of carbonyl (C=O) groups excluding carboxylic acids is 2. The van der Waals surface area contributed by atoms with Crippen molar-refractivity contribution in [1.82, 2.24) is 5.32 Å². The van der Waals surface area contributed by atoms with Gasteiger partial charge in [0, 0.05) is 6.04 Å². The molecule has 0 saturated heterocycles.